The molecule has 0 bridgehead atoms. The van der Waals surface area contributed by atoms with Crippen LogP contribution in [0.15, 0.2) is 89.4 Å². The number of hydrogen-bond donors (Lipinski definition) is 3. The Morgan fingerprint density at radius 3 is 1.80 bits per heavy atom. The lowest BCUT2D eigenvalue weighted by atomic mass is 9.98. The molecular formula is C28H27BrN2O9. The van der Waals surface area contributed by atoms with Gasteiger partial charge in [-0.2, -0.15) is 0 Å². The maximum Gasteiger partial charge on any atom is 0.412 e. The first-order valence-corrected chi connectivity index (χ1v) is 13.0. The molecule has 1 saturated heterocycles. The van der Waals surface area contributed by atoms with Crippen molar-refractivity contribution in [3.63, 3.8) is 0 Å². The first-order valence-electron chi connectivity index (χ1n) is 12.2. The molecule has 3 aromatic carbocycles. The fourth-order valence-electron chi connectivity index (χ4n) is 3.98. The van der Waals surface area contributed by atoms with E-state index >= 15 is 0 Å². The molecule has 11 nitrogen and oxygen atoms in total. The van der Waals surface area contributed by atoms with Crippen molar-refractivity contribution in [2.75, 3.05) is 24.4 Å². The van der Waals surface area contributed by atoms with Crippen LogP contribution in [0, 0.1) is 0 Å². The smallest absolute Gasteiger partial charge is 0.412 e. The van der Waals surface area contributed by atoms with E-state index in [2.05, 4.69) is 26.6 Å². The zero-order valence-electron chi connectivity index (χ0n) is 21.3. The summed E-state index contributed by atoms with van der Waals surface area (Å²) >= 11 is 3.31. The van der Waals surface area contributed by atoms with Gasteiger partial charge in [-0.15, -0.1) is 0 Å². The Bertz CT molecular complexity index is 1280. The molecule has 2 amide bonds. The molecule has 3 aromatic rings. The summed E-state index contributed by atoms with van der Waals surface area (Å²) in [5, 5.41) is 15.2. The first kappa shape index (κ1) is 29.0. The molecule has 1 heterocycles. The first-order chi connectivity index (χ1) is 19.4. The molecule has 4 rings (SSSR count). The van der Waals surface area contributed by atoms with E-state index in [0.717, 1.165) is 4.47 Å². The number of carbonyl (C=O) groups is 3. The van der Waals surface area contributed by atoms with E-state index in [-0.39, 0.29) is 5.56 Å². The summed E-state index contributed by atoms with van der Waals surface area (Å²) in [7, 11) is 1.29. The Balaban J connectivity index is 1.62. The summed E-state index contributed by atoms with van der Waals surface area (Å²) < 4.78 is 28.9. The average molecular weight is 615 g/mol. The third kappa shape index (κ3) is 7.57. The van der Waals surface area contributed by atoms with Gasteiger partial charge < -0.3 is 28.8 Å². The van der Waals surface area contributed by atoms with Crippen molar-refractivity contribution < 1.29 is 43.2 Å². The molecule has 1 aliphatic heterocycles. The van der Waals surface area contributed by atoms with Crippen LogP contribution in [0.4, 0.5) is 21.0 Å². The van der Waals surface area contributed by atoms with Gasteiger partial charge in [0.2, 0.25) is 0 Å². The van der Waals surface area contributed by atoms with Crippen molar-refractivity contribution >= 4 is 45.5 Å². The van der Waals surface area contributed by atoms with Crippen LogP contribution >= 0.6 is 15.9 Å². The Morgan fingerprint density at radius 1 is 0.775 bits per heavy atom. The normalized spacial score (nSPS) is 22.0. The second kappa shape index (κ2) is 13.9. The summed E-state index contributed by atoms with van der Waals surface area (Å²) in [5.41, 5.74) is 1.08. The van der Waals surface area contributed by atoms with Crippen molar-refractivity contribution in [2.24, 2.45) is 0 Å². The highest BCUT2D eigenvalue weighted by atomic mass is 79.9. The largest absolute Gasteiger partial charge is 0.452 e. The molecule has 12 heteroatoms. The Labute approximate surface area is 238 Å². The lowest BCUT2D eigenvalue weighted by Crippen LogP contribution is -2.63. The van der Waals surface area contributed by atoms with E-state index in [1.807, 2.05) is 0 Å². The van der Waals surface area contributed by atoms with Crippen LogP contribution in [0.1, 0.15) is 10.4 Å². The number of amides is 2. The van der Waals surface area contributed by atoms with Gasteiger partial charge in [-0.3, -0.25) is 10.6 Å². The van der Waals surface area contributed by atoms with E-state index in [4.69, 9.17) is 23.7 Å². The average Bonchev–Trinajstić information content (AvgIpc) is 2.96. The SMILES string of the molecule is CO[C@H]1O[C@H](CO)[C@@H](OC(=O)c2ccc(Br)cc2)[C@H](OC(=O)Nc2ccccc2)[C@@H]1OC(=O)Nc1ccccc1. The number of halogens is 1. The maximum atomic E-state index is 13.0. The molecule has 40 heavy (non-hydrogen) atoms. The highest BCUT2D eigenvalue weighted by Gasteiger charge is 2.52. The quantitative estimate of drug-likeness (QED) is 0.245. The summed E-state index contributed by atoms with van der Waals surface area (Å²) in [6.07, 6.45) is -8.53. The number of carbonyl (C=O) groups excluding carboxylic acids is 3. The van der Waals surface area contributed by atoms with Gasteiger partial charge in [0, 0.05) is 23.0 Å². The molecular weight excluding hydrogens is 588 g/mol. The third-order valence-corrected chi connectivity index (χ3v) is 6.38. The number of rotatable bonds is 8. The summed E-state index contributed by atoms with van der Waals surface area (Å²) in [5.74, 6) is -0.778. The van der Waals surface area contributed by atoms with Crippen LogP contribution < -0.4 is 10.6 Å². The predicted octanol–water partition coefficient (Wildman–Crippen LogP) is 4.57. The minimum atomic E-state index is -1.44. The number of anilines is 2. The monoisotopic (exact) mass is 614 g/mol. The number of ether oxygens (including phenoxy) is 5. The van der Waals surface area contributed by atoms with Gasteiger partial charge in [0.25, 0.3) is 0 Å². The summed E-state index contributed by atoms with van der Waals surface area (Å²) in [4.78, 5) is 38.8. The minimum absolute atomic E-state index is 0.195. The second-order valence-corrected chi connectivity index (χ2v) is 9.48. The number of para-hydroxylation sites is 2. The van der Waals surface area contributed by atoms with Gasteiger partial charge >= 0.3 is 18.2 Å². The molecule has 0 radical (unpaired) electrons. The van der Waals surface area contributed by atoms with Crippen LogP contribution in [0.3, 0.4) is 0 Å². The summed E-state index contributed by atoms with van der Waals surface area (Å²) in [6.45, 7) is -0.624. The molecule has 3 N–H and O–H groups in total. The minimum Gasteiger partial charge on any atom is -0.452 e. The van der Waals surface area contributed by atoms with Crippen LogP contribution in [0.2, 0.25) is 0 Å². The highest BCUT2D eigenvalue weighted by molar-refractivity contribution is 9.10. The van der Waals surface area contributed by atoms with Crippen molar-refractivity contribution in [1.29, 1.82) is 0 Å². The Morgan fingerprint density at radius 2 is 1.30 bits per heavy atom. The highest BCUT2D eigenvalue weighted by Crippen LogP contribution is 2.30. The van der Waals surface area contributed by atoms with Gasteiger partial charge in [-0.05, 0) is 48.5 Å². The number of aliphatic hydroxyl groups is 1. The zero-order valence-corrected chi connectivity index (χ0v) is 22.9. The van der Waals surface area contributed by atoms with Crippen LogP contribution in [-0.2, 0) is 23.7 Å². The fraction of sp³-hybridized carbons (Fsp3) is 0.250. The van der Waals surface area contributed by atoms with E-state index in [0.29, 0.717) is 11.4 Å². The molecule has 5 atom stereocenters. The lowest BCUT2D eigenvalue weighted by Gasteiger charge is -2.43. The van der Waals surface area contributed by atoms with Gasteiger partial charge in [0.1, 0.15) is 6.10 Å². The van der Waals surface area contributed by atoms with Crippen molar-refractivity contribution in [2.45, 2.75) is 30.7 Å². The van der Waals surface area contributed by atoms with E-state index < -0.39 is 55.5 Å². The van der Waals surface area contributed by atoms with E-state index in [9.17, 15) is 19.5 Å². The molecule has 0 aromatic heterocycles. The number of esters is 1. The molecule has 0 spiro atoms. The van der Waals surface area contributed by atoms with Crippen LogP contribution in [0.5, 0.6) is 0 Å². The van der Waals surface area contributed by atoms with Gasteiger partial charge in [0.15, 0.2) is 24.6 Å². The number of aliphatic hydroxyl groups excluding tert-OH is 1. The summed E-state index contributed by atoms with van der Waals surface area (Å²) in [6, 6.07) is 23.4. The maximum absolute atomic E-state index is 13.0. The molecule has 1 aliphatic rings. The third-order valence-electron chi connectivity index (χ3n) is 5.85. The Hall–Kier alpha value is -3.97. The number of benzene rings is 3. The van der Waals surface area contributed by atoms with E-state index in [1.165, 1.54) is 19.2 Å². The molecule has 0 saturated carbocycles. The number of hydrogen-bond acceptors (Lipinski definition) is 9. The molecule has 0 aliphatic carbocycles. The molecule has 0 unspecified atom stereocenters. The second-order valence-electron chi connectivity index (χ2n) is 8.56. The molecule has 1 fully saturated rings. The van der Waals surface area contributed by atoms with Crippen molar-refractivity contribution in [3.8, 4) is 0 Å². The zero-order chi connectivity index (χ0) is 28.5. The number of nitrogens with one attached hydrogen (secondary N) is 2. The Kier molecular flexibility index (Phi) is 10.1. The van der Waals surface area contributed by atoms with Crippen molar-refractivity contribution in [3.05, 3.63) is 95.0 Å². The van der Waals surface area contributed by atoms with Crippen LogP contribution in [-0.4, -0.2) is 67.7 Å². The van der Waals surface area contributed by atoms with Gasteiger partial charge in [0.05, 0.1) is 12.2 Å². The van der Waals surface area contributed by atoms with Gasteiger partial charge in [-0.1, -0.05) is 52.3 Å². The van der Waals surface area contributed by atoms with Crippen molar-refractivity contribution in [1.82, 2.24) is 0 Å². The van der Waals surface area contributed by atoms with E-state index in [1.54, 1.807) is 72.8 Å². The van der Waals surface area contributed by atoms with Gasteiger partial charge in [-0.25, -0.2) is 14.4 Å². The molecule has 210 valence electrons. The number of methoxy groups -OCH3 is 1. The standard InChI is InChI=1S/C28H27BrN2O9/c1-36-26-24(40-28(35)31-20-10-6-3-7-11-20)23(39-27(34)30-19-8-4-2-5-9-19)22(21(16-32)37-26)38-25(33)17-12-14-18(29)15-13-17/h2-15,21-24,26,32H,16H2,1H3,(H,30,34)(H,31,35)/t21-,22-,23+,24+,26+/m1/s1. The lowest BCUT2D eigenvalue weighted by molar-refractivity contribution is -0.290. The predicted molar refractivity (Wildman–Crippen MR) is 147 cm³/mol. The topological polar surface area (TPSA) is 142 Å². The van der Waals surface area contributed by atoms with Crippen LogP contribution in [0.25, 0.3) is 0 Å². The fourth-order valence-corrected chi connectivity index (χ4v) is 4.24.